The first-order valence-corrected chi connectivity index (χ1v) is 8.09. The quantitative estimate of drug-likeness (QED) is 0.345. The summed E-state index contributed by atoms with van der Waals surface area (Å²) in [5.41, 5.74) is 0. The molecule has 0 aliphatic carbocycles. The van der Waals surface area contributed by atoms with Crippen LogP contribution in [0.5, 0.6) is 0 Å². The molecule has 0 N–H and O–H groups in total. The van der Waals surface area contributed by atoms with Crippen LogP contribution in [-0.4, -0.2) is 0 Å². The lowest BCUT2D eigenvalue weighted by molar-refractivity contribution is 0.426. The molecule has 0 aliphatic rings. The zero-order valence-corrected chi connectivity index (χ0v) is 12.8. The van der Waals surface area contributed by atoms with E-state index in [4.69, 9.17) is 0 Å². The lowest BCUT2D eigenvalue weighted by atomic mass is 9.87. The molecule has 1 radical (unpaired) electrons. The molecule has 0 heterocycles. The van der Waals surface area contributed by atoms with Gasteiger partial charge in [-0.25, -0.2) is 0 Å². The Bertz CT molecular complexity index is 139. The SMILES string of the molecule is CCCCCCCC([CH]C(C)CCCC)CC. The van der Waals surface area contributed by atoms with Crippen LogP contribution in [0.15, 0.2) is 0 Å². The molecule has 0 fully saturated rings. The second-order valence-corrected chi connectivity index (χ2v) is 5.68. The van der Waals surface area contributed by atoms with Gasteiger partial charge in [-0.2, -0.15) is 0 Å². The highest BCUT2D eigenvalue weighted by molar-refractivity contribution is 4.80. The molecule has 17 heavy (non-hydrogen) atoms. The van der Waals surface area contributed by atoms with Gasteiger partial charge in [-0.05, 0) is 18.3 Å². The zero-order chi connectivity index (χ0) is 12.9. The highest BCUT2D eigenvalue weighted by Crippen LogP contribution is 2.23. The summed E-state index contributed by atoms with van der Waals surface area (Å²) in [5, 5.41) is 0. The monoisotopic (exact) mass is 239 g/mol. The first-order chi connectivity index (χ1) is 8.24. The molecule has 0 aliphatic heterocycles. The van der Waals surface area contributed by atoms with Gasteiger partial charge in [0.2, 0.25) is 0 Å². The van der Waals surface area contributed by atoms with Gasteiger partial charge in [-0.1, -0.05) is 91.9 Å². The van der Waals surface area contributed by atoms with E-state index in [1.54, 1.807) is 0 Å². The summed E-state index contributed by atoms with van der Waals surface area (Å²) >= 11 is 0. The number of rotatable bonds is 12. The van der Waals surface area contributed by atoms with Gasteiger partial charge in [0.1, 0.15) is 0 Å². The lowest BCUT2D eigenvalue weighted by Crippen LogP contribution is -2.07. The minimum Gasteiger partial charge on any atom is -0.0654 e. The highest BCUT2D eigenvalue weighted by atomic mass is 14.2. The first kappa shape index (κ1) is 17.0. The van der Waals surface area contributed by atoms with Crippen molar-refractivity contribution in [3.63, 3.8) is 0 Å². The third-order valence-electron chi connectivity index (χ3n) is 3.82. The molecule has 103 valence electrons. The Labute approximate surface area is 111 Å². The van der Waals surface area contributed by atoms with Crippen molar-refractivity contribution in [3.05, 3.63) is 6.42 Å². The van der Waals surface area contributed by atoms with E-state index in [1.165, 1.54) is 64.2 Å². The Balaban J connectivity index is 3.53. The minimum absolute atomic E-state index is 0.829. The fourth-order valence-corrected chi connectivity index (χ4v) is 2.53. The van der Waals surface area contributed by atoms with E-state index in [9.17, 15) is 0 Å². The Morgan fingerprint density at radius 3 is 2.00 bits per heavy atom. The van der Waals surface area contributed by atoms with Crippen molar-refractivity contribution in [2.75, 3.05) is 0 Å². The summed E-state index contributed by atoms with van der Waals surface area (Å²) in [6.07, 6.45) is 16.6. The van der Waals surface area contributed by atoms with Crippen molar-refractivity contribution >= 4 is 0 Å². The van der Waals surface area contributed by atoms with Crippen molar-refractivity contribution in [2.45, 2.75) is 91.9 Å². The normalized spacial score (nSPS) is 14.8. The minimum atomic E-state index is 0.829. The van der Waals surface area contributed by atoms with Crippen LogP contribution in [0, 0.1) is 18.3 Å². The first-order valence-electron chi connectivity index (χ1n) is 8.09. The Hall–Kier alpha value is 0. The van der Waals surface area contributed by atoms with Gasteiger partial charge in [0, 0.05) is 0 Å². The van der Waals surface area contributed by atoms with E-state index >= 15 is 0 Å². The number of hydrogen-bond donors (Lipinski definition) is 0. The number of unbranched alkanes of at least 4 members (excludes halogenated alkanes) is 5. The van der Waals surface area contributed by atoms with E-state index < -0.39 is 0 Å². The predicted molar refractivity (Wildman–Crippen MR) is 80.1 cm³/mol. The molecule has 2 atom stereocenters. The Morgan fingerprint density at radius 1 is 0.765 bits per heavy atom. The molecule has 0 aromatic rings. The van der Waals surface area contributed by atoms with E-state index in [2.05, 4.69) is 34.1 Å². The summed E-state index contributed by atoms with van der Waals surface area (Å²) in [7, 11) is 0. The van der Waals surface area contributed by atoms with E-state index in [-0.39, 0.29) is 0 Å². The summed E-state index contributed by atoms with van der Waals surface area (Å²) in [5.74, 6) is 1.71. The second kappa shape index (κ2) is 12.5. The maximum Gasteiger partial charge on any atom is -0.0327 e. The third kappa shape index (κ3) is 10.9. The van der Waals surface area contributed by atoms with Gasteiger partial charge in [0.05, 0.1) is 0 Å². The highest BCUT2D eigenvalue weighted by Gasteiger charge is 2.11. The number of hydrogen-bond acceptors (Lipinski definition) is 0. The van der Waals surface area contributed by atoms with Crippen LogP contribution in [0.3, 0.4) is 0 Å². The fourth-order valence-electron chi connectivity index (χ4n) is 2.53. The summed E-state index contributed by atoms with van der Waals surface area (Å²) in [4.78, 5) is 0. The largest absolute Gasteiger partial charge is 0.0654 e. The van der Waals surface area contributed by atoms with Gasteiger partial charge in [0.15, 0.2) is 0 Å². The molecule has 0 bridgehead atoms. The maximum absolute atomic E-state index is 2.63. The fraction of sp³-hybridized carbons (Fsp3) is 0.941. The summed E-state index contributed by atoms with van der Waals surface area (Å²) in [6, 6.07) is 0. The molecular formula is C17H35. The van der Waals surface area contributed by atoms with Gasteiger partial charge in [0.25, 0.3) is 0 Å². The maximum atomic E-state index is 2.63. The van der Waals surface area contributed by atoms with Crippen LogP contribution >= 0.6 is 0 Å². The van der Waals surface area contributed by atoms with Crippen LogP contribution in [0.4, 0.5) is 0 Å². The molecule has 0 nitrogen and oxygen atoms in total. The molecule has 0 heteroatoms. The summed E-state index contributed by atoms with van der Waals surface area (Å²) in [6.45, 7) is 9.32. The smallest absolute Gasteiger partial charge is 0.0327 e. The van der Waals surface area contributed by atoms with E-state index in [0.29, 0.717) is 0 Å². The molecule has 0 aromatic heterocycles. The molecule has 0 aromatic carbocycles. The van der Waals surface area contributed by atoms with Crippen LogP contribution in [0.25, 0.3) is 0 Å². The van der Waals surface area contributed by atoms with Crippen LogP contribution in [0.2, 0.25) is 0 Å². The average Bonchev–Trinajstić information content (AvgIpc) is 2.34. The Morgan fingerprint density at radius 2 is 1.41 bits per heavy atom. The molecule has 0 rings (SSSR count). The standard InChI is InChI=1S/C17H35/c1-5-8-10-11-12-14-17(7-3)15-16(4)13-9-6-2/h15-17H,5-14H2,1-4H3. The molecular weight excluding hydrogens is 204 g/mol. The molecule has 0 spiro atoms. The lowest BCUT2D eigenvalue weighted by Gasteiger charge is -2.19. The Kier molecular flexibility index (Phi) is 12.5. The second-order valence-electron chi connectivity index (χ2n) is 5.68. The van der Waals surface area contributed by atoms with Crippen molar-refractivity contribution < 1.29 is 0 Å². The average molecular weight is 239 g/mol. The molecule has 2 unspecified atom stereocenters. The van der Waals surface area contributed by atoms with Crippen molar-refractivity contribution in [2.24, 2.45) is 11.8 Å². The molecule has 0 saturated carbocycles. The topological polar surface area (TPSA) is 0 Å². The molecule has 0 saturated heterocycles. The third-order valence-corrected chi connectivity index (χ3v) is 3.82. The van der Waals surface area contributed by atoms with E-state index in [0.717, 1.165) is 11.8 Å². The van der Waals surface area contributed by atoms with Crippen molar-refractivity contribution in [1.29, 1.82) is 0 Å². The summed E-state index contributed by atoms with van der Waals surface area (Å²) < 4.78 is 0. The van der Waals surface area contributed by atoms with Gasteiger partial charge >= 0.3 is 0 Å². The van der Waals surface area contributed by atoms with E-state index in [1.807, 2.05) is 0 Å². The van der Waals surface area contributed by atoms with Crippen molar-refractivity contribution in [1.82, 2.24) is 0 Å². The van der Waals surface area contributed by atoms with Crippen LogP contribution in [0.1, 0.15) is 91.9 Å². The zero-order valence-electron chi connectivity index (χ0n) is 12.8. The van der Waals surface area contributed by atoms with Gasteiger partial charge in [-0.3, -0.25) is 0 Å². The van der Waals surface area contributed by atoms with Crippen molar-refractivity contribution in [3.8, 4) is 0 Å². The molecule has 0 amide bonds. The predicted octanol–water partition coefficient (Wildman–Crippen LogP) is 6.40. The van der Waals surface area contributed by atoms with Crippen LogP contribution in [-0.2, 0) is 0 Å². The van der Waals surface area contributed by atoms with Gasteiger partial charge in [-0.15, -0.1) is 0 Å². The van der Waals surface area contributed by atoms with Gasteiger partial charge < -0.3 is 0 Å². The van der Waals surface area contributed by atoms with Crippen LogP contribution < -0.4 is 0 Å².